The molecule has 0 aromatic carbocycles. The lowest BCUT2D eigenvalue weighted by atomic mass is 9.97. The number of anilines is 1. The molecule has 0 spiro atoms. The first-order chi connectivity index (χ1) is 11.6. The molecule has 1 N–H and O–H groups in total. The molecular formula is C16H21N5O2S. The zero-order valence-corrected chi connectivity index (χ0v) is 14.9. The minimum Gasteiger partial charge on any atom is -0.481 e. The maximum Gasteiger partial charge on any atom is 0.323 e. The third-order valence-electron chi connectivity index (χ3n) is 4.14. The van der Waals surface area contributed by atoms with Gasteiger partial charge in [-0.05, 0) is 25.7 Å². The normalized spacial score (nSPS) is 16.4. The van der Waals surface area contributed by atoms with Crippen molar-refractivity contribution in [1.82, 2.24) is 19.9 Å². The fourth-order valence-corrected chi connectivity index (χ4v) is 4.06. The summed E-state index contributed by atoms with van der Waals surface area (Å²) in [7, 11) is 3.34. The zero-order valence-electron chi connectivity index (χ0n) is 14.1. The summed E-state index contributed by atoms with van der Waals surface area (Å²) in [5.41, 5.74) is 1.15. The highest BCUT2D eigenvalue weighted by atomic mass is 32.1. The van der Waals surface area contributed by atoms with E-state index in [1.807, 2.05) is 7.05 Å². The summed E-state index contributed by atoms with van der Waals surface area (Å²) in [4.78, 5) is 28.2. The number of amides is 2. The Bertz CT molecular complexity index is 733. The van der Waals surface area contributed by atoms with Crippen molar-refractivity contribution in [2.24, 2.45) is 0 Å². The number of nitrogens with zero attached hydrogens (tertiary/aromatic N) is 4. The lowest BCUT2D eigenvalue weighted by Gasteiger charge is -2.30. The van der Waals surface area contributed by atoms with Crippen molar-refractivity contribution < 1.29 is 9.53 Å². The molecule has 2 heterocycles. The average molecular weight is 347 g/mol. The Morgan fingerprint density at radius 2 is 2.33 bits per heavy atom. The topological polar surface area (TPSA) is 80.2 Å². The summed E-state index contributed by atoms with van der Waals surface area (Å²) >= 11 is 1.72. The van der Waals surface area contributed by atoms with Crippen LogP contribution in [0.1, 0.15) is 41.4 Å². The molecule has 24 heavy (non-hydrogen) atoms. The van der Waals surface area contributed by atoms with Gasteiger partial charge in [0.25, 0.3) is 0 Å². The summed E-state index contributed by atoms with van der Waals surface area (Å²) in [5, 5.41) is 3.95. The van der Waals surface area contributed by atoms with Crippen LogP contribution in [0.5, 0.6) is 5.88 Å². The maximum atomic E-state index is 12.6. The molecule has 0 saturated heterocycles. The number of urea groups is 1. The van der Waals surface area contributed by atoms with E-state index in [1.54, 1.807) is 22.3 Å². The van der Waals surface area contributed by atoms with E-state index in [4.69, 9.17) is 9.72 Å². The van der Waals surface area contributed by atoms with Crippen LogP contribution in [-0.4, -0.2) is 40.0 Å². The van der Waals surface area contributed by atoms with Gasteiger partial charge in [-0.15, -0.1) is 11.3 Å². The van der Waals surface area contributed by atoms with Crippen molar-refractivity contribution in [3.8, 4) is 5.88 Å². The van der Waals surface area contributed by atoms with Crippen molar-refractivity contribution in [2.75, 3.05) is 19.5 Å². The van der Waals surface area contributed by atoms with Crippen LogP contribution >= 0.6 is 11.3 Å². The van der Waals surface area contributed by atoms with Crippen molar-refractivity contribution >= 4 is 23.2 Å². The minimum absolute atomic E-state index is 0.0651. The summed E-state index contributed by atoms with van der Waals surface area (Å²) in [6.45, 7) is 2.11. The predicted molar refractivity (Wildman–Crippen MR) is 92.5 cm³/mol. The van der Waals surface area contributed by atoms with Crippen LogP contribution in [0.3, 0.4) is 0 Å². The Labute approximate surface area is 145 Å². The number of nitrogens with one attached hydrogen (secondary N) is 1. The van der Waals surface area contributed by atoms with Crippen LogP contribution in [0.2, 0.25) is 0 Å². The highest BCUT2D eigenvalue weighted by Crippen LogP contribution is 2.37. The second kappa shape index (κ2) is 7.12. The summed E-state index contributed by atoms with van der Waals surface area (Å²) in [6.07, 6.45) is 5.30. The first-order valence-electron chi connectivity index (χ1n) is 8.00. The fraction of sp³-hybridized carbons (Fsp3) is 0.500. The summed E-state index contributed by atoms with van der Waals surface area (Å²) < 4.78 is 5.05. The molecule has 2 aromatic rings. The first-order valence-corrected chi connectivity index (χ1v) is 8.82. The third-order valence-corrected chi connectivity index (χ3v) is 5.49. The first kappa shape index (κ1) is 16.6. The number of methoxy groups -OCH3 is 1. The van der Waals surface area contributed by atoms with Gasteiger partial charge in [0.15, 0.2) is 0 Å². The molecule has 0 aliphatic heterocycles. The molecule has 0 saturated carbocycles. The van der Waals surface area contributed by atoms with E-state index >= 15 is 0 Å². The van der Waals surface area contributed by atoms with E-state index < -0.39 is 0 Å². The number of hydrogen-bond acceptors (Lipinski definition) is 6. The number of carbonyl (C=O) groups excluding carboxylic acids is 1. The Morgan fingerprint density at radius 3 is 3.08 bits per heavy atom. The lowest BCUT2D eigenvalue weighted by Crippen LogP contribution is -2.36. The minimum atomic E-state index is -0.194. The molecule has 3 rings (SSSR count). The van der Waals surface area contributed by atoms with E-state index in [-0.39, 0.29) is 12.1 Å². The molecule has 2 amide bonds. The van der Waals surface area contributed by atoms with Crippen LogP contribution in [0, 0.1) is 0 Å². The molecule has 1 aliphatic rings. The SMILES string of the molecule is CCc1nc2c(s1)[C@H](N(C)C(=O)Nc1cc(OC)ncn1)CCC2. The van der Waals surface area contributed by atoms with E-state index in [9.17, 15) is 4.79 Å². The fourth-order valence-electron chi connectivity index (χ4n) is 2.83. The monoisotopic (exact) mass is 347 g/mol. The Kier molecular flexibility index (Phi) is 4.94. The maximum absolute atomic E-state index is 12.6. The van der Waals surface area contributed by atoms with Gasteiger partial charge in [0.1, 0.15) is 12.1 Å². The van der Waals surface area contributed by atoms with Crippen LogP contribution in [0.4, 0.5) is 10.6 Å². The summed E-state index contributed by atoms with van der Waals surface area (Å²) in [5.74, 6) is 0.839. The number of fused-ring (bicyclic) bond motifs is 1. The van der Waals surface area contributed by atoms with Crippen molar-refractivity contribution in [1.29, 1.82) is 0 Å². The van der Waals surface area contributed by atoms with Gasteiger partial charge in [-0.1, -0.05) is 6.92 Å². The van der Waals surface area contributed by atoms with Crippen LogP contribution in [-0.2, 0) is 12.8 Å². The molecule has 0 bridgehead atoms. The molecule has 0 unspecified atom stereocenters. The van der Waals surface area contributed by atoms with Gasteiger partial charge in [0.2, 0.25) is 5.88 Å². The number of rotatable bonds is 4. The molecule has 8 heteroatoms. The standard InChI is InChI=1S/C16H21N5O2S/c1-4-14-19-10-6-5-7-11(15(10)24-14)21(2)16(22)20-12-8-13(23-3)18-9-17-12/h8-9,11H,4-7H2,1-3H3,(H,17,18,20,22)/t11-/m1/s1. The number of aromatic nitrogens is 3. The van der Waals surface area contributed by atoms with Crippen LogP contribution in [0.25, 0.3) is 0 Å². The molecule has 7 nitrogen and oxygen atoms in total. The smallest absolute Gasteiger partial charge is 0.323 e. The molecule has 128 valence electrons. The number of carbonyl (C=O) groups is 1. The van der Waals surface area contributed by atoms with Gasteiger partial charge >= 0.3 is 6.03 Å². The van der Waals surface area contributed by atoms with Gasteiger partial charge in [0.05, 0.1) is 28.7 Å². The Hall–Kier alpha value is -2.22. The predicted octanol–water partition coefficient (Wildman–Crippen LogP) is 3.05. The molecule has 2 aromatic heterocycles. The Morgan fingerprint density at radius 1 is 1.50 bits per heavy atom. The van der Waals surface area contributed by atoms with Gasteiger partial charge in [0, 0.05) is 13.1 Å². The van der Waals surface area contributed by atoms with E-state index in [0.29, 0.717) is 11.7 Å². The molecule has 1 aliphatic carbocycles. The van der Waals surface area contributed by atoms with E-state index in [0.717, 1.165) is 36.4 Å². The highest BCUT2D eigenvalue weighted by molar-refractivity contribution is 7.11. The van der Waals surface area contributed by atoms with Gasteiger partial charge in [-0.25, -0.2) is 19.7 Å². The van der Waals surface area contributed by atoms with Gasteiger partial charge in [-0.3, -0.25) is 5.32 Å². The zero-order chi connectivity index (χ0) is 17.1. The van der Waals surface area contributed by atoms with Crippen molar-refractivity contribution in [3.63, 3.8) is 0 Å². The second-order valence-corrected chi connectivity index (χ2v) is 6.78. The van der Waals surface area contributed by atoms with Crippen LogP contribution in [0.15, 0.2) is 12.4 Å². The van der Waals surface area contributed by atoms with Crippen molar-refractivity contribution in [2.45, 2.75) is 38.6 Å². The average Bonchev–Trinajstić information content (AvgIpc) is 3.04. The Balaban J connectivity index is 1.75. The van der Waals surface area contributed by atoms with E-state index in [1.165, 1.54) is 18.3 Å². The van der Waals surface area contributed by atoms with Crippen molar-refractivity contribution in [3.05, 3.63) is 28.0 Å². The number of hydrogen-bond donors (Lipinski definition) is 1. The highest BCUT2D eigenvalue weighted by Gasteiger charge is 2.30. The lowest BCUT2D eigenvalue weighted by molar-refractivity contribution is 0.198. The second-order valence-electron chi connectivity index (χ2n) is 5.67. The number of aryl methyl sites for hydroxylation is 2. The van der Waals surface area contributed by atoms with Crippen LogP contribution < -0.4 is 10.1 Å². The molecule has 0 radical (unpaired) electrons. The number of thiazole rings is 1. The number of ether oxygens (including phenoxy) is 1. The van der Waals surface area contributed by atoms with E-state index in [2.05, 4.69) is 22.2 Å². The quantitative estimate of drug-likeness (QED) is 0.919. The third kappa shape index (κ3) is 3.33. The van der Waals surface area contributed by atoms with Gasteiger partial charge < -0.3 is 9.64 Å². The summed E-state index contributed by atoms with van der Waals surface area (Å²) in [6, 6.07) is 1.47. The largest absolute Gasteiger partial charge is 0.481 e. The molecule has 0 fully saturated rings. The van der Waals surface area contributed by atoms with Gasteiger partial charge in [-0.2, -0.15) is 0 Å². The molecular weight excluding hydrogens is 326 g/mol. The molecule has 1 atom stereocenters.